The predicted molar refractivity (Wildman–Crippen MR) is 83.9 cm³/mol. The number of rotatable bonds is 5. The Morgan fingerprint density at radius 1 is 1.35 bits per heavy atom. The fourth-order valence-electron chi connectivity index (χ4n) is 2.22. The summed E-state index contributed by atoms with van der Waals surface area (Å²) in [5.41, 5.74) is 9.60. The summed E-state index contributed by atoms with van der Waals surface area (Å²) in [7, 11) is 3.62. The van der Waals surface area contributed by atoms with Crippen molar-refractivity contribution in [3.05, 3.63) is 45.7 Å². The number of benzene rings is 1. The molecule has 0 bridgehead atoms. The van der Waals surface area contributed by atoms with Crippen molar-refractivity contribution < 1.29 is 4.74 Å². The van der Waals surface area contributed by atoms with Gasteiger partial charge in [0.2, 0.25) is 0 Å². The molecule has 0 spiro atoms. The van der Waals surface area contributed by atoms with Crippen LogP contribution < -0.4 is 10.5 Å². The van der Waals surface area contributed by atoms with Crippen LogP contribution in [0.1, 0.15) is 29.9 Å². The van der Waals surface area contributed by atoms with Crippen LogP contribution in [0.4, 0.5) is 0 Å². The molecule has 2 rings (SSSR count). The zero-order valence-corrected chi connectivity index (χ0v) is 13.6. The second kappa shape index (κ2) is 6.41. The Kier molecular flexibility index (Phi) is 4.83. The maximum atomic E-state index is 6.30. The van der Waals surface area contributed by atoms with Crippen molar-refractivity contribution >= 4 is 15.9 Å². The molecule has 1 heterocycles. The average Bonchev–Trinajstić information content (AvgIpc) is 2.74. The van der Waals surface area contributed by atoms with E-state index in [9.17, 15) is 0 Å². The molecule has 0 aliphatic carbocycles. The number of hydrogen-bond acceptors (Lipinski definition) is 3. The molecule has 0 radical (unpaired) electrons. The number of halogens is 1. The molecular weight excluding hydrogens is 318 g/mol. The van der Waals surface area contributed by atoms with Crippen LogP contribution in [0.2, 0.25) is 0 Å². The van der Waals surface area contributed by atoms with E-state index in [0.717, 1.165) is 40.0 Å². The summed E-state index contributed by atoms with van der Waals surface area (Å²) in [6.45, 7) is 2.10. The Hall–Kier alpha value is -1.33. The molecule has 1 atom stereocenters. The molecule has 0 fully saturated rings. The van der Waals surface area contributed by atoms with Crippen LogP contribution in [0.3, 0.4) is 0 Å². The lowest BCUT2D eigenvalue weighted by Gasteiger charge is -2.13. The first-order valence-corrected chi connectivity index (χ1v) is 7.45. The number of hydrogen-bond donors (Lipinski definition) is 1. The van der Waals surface area contributed by atoms with Gasteiger partial charge in [0.25, 0.3) is 0 Å². The molecule has 0 aliphatic rings. The van der Waals surface area contributed by atoms with Crippen LogP contribution in [0.5, 0.6) is 5.75 Å². The number of nitrogens with two attached hydrogens (primary N) is 1. The van der Waals surface area contributed by atoms with Crippen molar-refractivity contribution in [2.24, 2.45) is 12.8 Å². The van der Waals surface area contributed by atoms with Crippen molar-refractivity contribution in [2.45, 2.75) is 25.8 Å². The van der Waals surface area contributed by atoms with Crippen molar-refractivity contribution in [3.63, 3.8) is 0 Å². The normalized spacial score (nSPS) is 12.4. The van der Waals surface area contributed by atoms with E-state index in [1.807, 2.05) is 36.0 Å². The molecule has 1 unspecified atom stereocenters. The van der Waals surface area contributed by atoms with E-state index in [4.69, 9.17) is 10.5 Å². The molecule has 5 heteroatoms. The maximum Gasteiger partial charge on any atom is 0.118 e. The summed E-state index contributed by atoms with van der Waals surface area (Å²) in [5.74, 6) is 0.843. The fourth-order valence-corrected chi connectivity index (χ4v) is 3.00. The van der Waals surface area contributed by atoms with E-state index in [0.29, 0.717) is 0 Å². The highest BCUT2D eigenvalue weighted by molar-refractivity contribution is 9.10. The van der Waals surface area contributed by atoms with Gasteiger partial charge in [0.15, 0.2) is 0 Å². The van der Waals surface area contributed by atoms with Crippen LogP contribution in [0, 0.1) is 0 Å². The first kappa shape index (κ1) is 15.1. The van der Waals surface area contributed by atoms with E-state index in [1.54, 1.807) is 7.11 Å². The number of aryl methyl sites for hydroxylation is 2. The van der Waals surface area contributed by atoms with Gasteiger partial charge in [-0.2, -0.15) is 5.10 Å². The Labute approximate surface area is 128 Å². The minimum Gasteiger partial charge on any atom is -0.497 e. The second-order valence-electron chi connectivity index (χ2n) is 4.77. The first-order valence-electron chi connectivity index (χ1n) is 6.66. The highest BCUT2D eigenvalue weighted by atomic mass is 79.9. The van der Waals surface area contributed by atoms with Gasteiger partial charge in [-0.1, -0.05) is 19.1 Å². The van der Waals surface area contributed by atoms with Gasteiger partial charge in [-0.25, -0.2) is 0 Å². The summed E-state index contributed by atoms with van der Waals surface area (Å²) >= 11 is 3.63. The summed E-state index contributed by atoms with van der Waals surface area (Å²) in [5, 5.41) is 4.50. The molecule has 2 N–H and O–H groups in total. The standard InChI is InChI=1S/C15H20BrN3O/c1-4-13-15(16)14(19(2)18-13)9-12(17)10-5-7-11(20-3)8-6-10/h5-8,12H,4,9,17H2,1-3H3. The minimum absolute atomic E-state index is 0.0580. The van der Waals surface area contributed by atoms with Gasteiger partial charge in [-0.05, 0) is 40.0 Å². The second-order valence-corrected chi connectivity index (χ2v) is 5.56. The quantitative estimate of drug-likeness (QED) is 0.912. The van der Waals surface area contributed by atoms with Gasteiger partial charge in [-0.15, -0.1) is 0 Å². The van der Waals surface area contributed by atoms with E-state index in [-0.39, 0.29) is 6.04 Å². The molecule has 0 saturated heterocycles. The molecule has 1 aromatic carbocycles. The first-order chi connectivity index (χ1) is 9.56. The van der Waals surface area contributed by atoms with Gasteiger partial charge in [0.1, 0.15) is 5.75 Å². The number of ether oxygens (including phenoxy) is 1. The number of nitrogens with zero attached hydrogens (tertiary/aromatic N) is 2. The highest BCUT2D eigenvalue weighted by Gasteiger charge is 2.16. The largest absolute Gasteiger partial charge is 0.497 e. The summed E-state index contributed by atoms with van der Waals surface area (Å²) in [6, 6.07) is 7.83. The Balaban J connectivity index is 2.18. The highest BCUT2D eigenvalue weighted by Crippen LogP contribution is 2.26. The molecule has 0 saturated carbocycles. The van der Waals surface area contributed by atoms with Crippen LogP contribution in [0.25, 0.3) is 0 Å². The Morgan fingerprint density at radius 3 is 2.50 bits per heavy atom. The number of aromatic nitrogens is 2. The third-order valence-electron chi connectivity index (χ3n) is 3.46. The monoisotopic (exact) mass is 337 g/mol. The lowest BCUT2D eigenvalue weighted by atomic mass is 10.0. The van der Waals surface area contributed by atoms with Gasteiger partial charge < -0.3 is 10.5 Å². The molecule has 108 valence electrons. The zero-order chi connectivity index (χ0) is 14.7. The van der Waals surface area contributed by atoms with Gasteiger partial charge in [0, 0.05) is 19.5 Å². The molecule has 0 aliphatic heterocycles. The van der Waals surface area contributed by atoms with Crippen molar-refractivity contribution in [1.29, 1.82) is 0 Å². The van der Waals surface area contributed by atoms with E-state index >= 15 is 0 Å². The smallest absolute Gasteiger partial charge is 0.118 e. The van der Waals surface area contributed by atoms with Crippen LogP contribution in [-0.4, -0.2) is 16.9 Å². The lowest BCUT2D eigenvalue weighted by molar-refractivity contribution is 0.414. The van der Waals surface area contributed by atoms with E-state index < -0.39 is 0 Å². The van der Waals surface area contributed by atoms with E-state index in [1.165, 1.54) is 0 Å². The molecule has 20 heavy (non-hydrogen) atoms. The lowest BCUT2D eigenvalue weighted by Crippen LogP contribution is -2.15. The van der Waals surface area contributed by atoms with Crippen molar-refractivity contribution in [1.82, 2.24) is 9.78 Å². The Bertz CT molecular complexity index is 578. The van der Waals surface area contributed by atoms with Crippen LogP contribution >= 0.6 is 15.9 Å². The van der Waals surface area contributed by atoms with Crippen molar-refractivity contribution in [2.75, 3.05) is 7.11 Å². The van der Waals surface area contributed by atoms with Crippen LogP contribution in [-0.2, 0) is 19.9 Å². The summed E-state index contributed by atoms with van der Waals surface area (Å²) in [6.07, 6.45) is 1.66. The predicted octanol–water partition coefficient (Wildman–Crippen LogP) is 3.00. The summed E-state index contributed by atoms with van der Waals surface area (Å²) in [4.78, 5) is 0. The van der Waals surface area contributed by atoms with Crippen molar-refractivity contribution in [3.8, 4) is 5.75 Å². The van der Waals surface area contributed by atoms with Gasteiger partial charge >= 0.3 is 0 Å². The maximum absolute atomic E-state index is 6.30. The molecule has 0 amide bonds. The van der Waals surface area contributed by atoms with E-state index in [2.05, 4.69) is 28.0 Å². The molecule has 2 aromatic rings. The molecular formula is C15H20BrN3O. The Morgan fingerprint density at radius 2 is 2.00 bits per heavy atom. The van der Waals surface area contributed by atoms with Crippen LogP contribution in [0.15, 0.2) is 28.7 Å². The minimum atomic E-state index is -0.0580. The SMILES string of the molecule is CCc1nn(C)c(CC(N)c2ccc(OC)cc2)c1Br. The zero-order valence-electron chi connectivity index (χ0n) is 12.1. The van der Waals surface area contributed by atoms with Gasteiger partial charge in [0.05, 0.1) is 23.0 Å². The average molecular weight is 338 g/mol. The third kappa shape index (κ3) is 3.04. The third-order valence-corrected chi connectivity index (χ3v) is 4.38. The van der Waals surface area contributed by atoms with Gasteiger partial charge in [-0.3, -0.25) is 4.68 Å². The topological polar surface area (TPSA) is 53.1 Å². The number of methoxy groups -OCH3 is 1. The summed E-state index contributed by atoms with van der Waals surface area (Å²) < 4.78 is 8.15. The molecule has 4 nitrogen and oxygen atoms in total. The molecule has 1 aromatic heterocycles. The fraction of sp³-hybridized carbons (Fsp3) is 0.400.